The van der Waals surface area contributed by atoms with E-state index in [2.05, 4.69) is 47.6 Å². The molecule has 2 aliphatic rings. The topological polar surface area (TPSA) is 44.4 Å². The van der Waals surface area contributed by atoms with E-state index in [9.17, 15) is 9.90 Å². The predicted molar refractivity (Wildman–Crippen MR) is 133 cm³/mol. The maximum absolute atomic E-state index is 13.0. The maximum atomic E-state index is 13.0. The number of benzene rings is 2. The molecule has 0 saturated heterocycles. The predicted octanol–water partition coefficient (Wildman–Crippen LogP) is 6.24. The van der Waals surface area contributed by atoms with Crippen LogP contribution in [0, 0.1) is 0 Å². The van der Waals surface area contributed by atoms with Gasteiger partial charge in [-0.1, -0.05) is 61.2 Å². The van der Waals surface area contributed by atoms with Crippen LogP contribution < -0.4 is 9.47 Å². The fourth-order valence-electron chi connectivity index (χ4n) is 4.19. The van der Waals surface area contributed by atoms with Gasteiger partial charge in [0.2, 0.25) is 11.3 Å². The molecule has 162 valence electrons. The lowest BCUT2D eigenvalue weighted by Crippen LogP contribution is -2.35. The van der Waals surface area contributed by atoms with E-state index in [1.165, 1.54) is 20.8 Å². The number of carbonyl (C=O) groups excluding carboxylic acids is 1. The van der Waals surface area contributed by atoms with Crippen LogP contribution in [0.15, 0.2) is 81.4 Å². The first kappa shape index (κ1) is 21.0. The number of para-hydroxylation sites is 2. The first-order valence-electron chi connectivity index (χ1n) is 11.0. The standard InChI is InChI=1S/C26H24N2O2S2/c1-3-13-27-19-9-5-7-11-21(19)31-23(27)15-17-25(29)18(26(17)30)16-24-28(14-4-2)20-10-6-8-12-22(20)32-24/h5-12,15-16H,3-4,13-14H2,1-2H3/p+1. The minimum Gasteiger partial charge on any atom is -0.506 e. The number of aliphatic hydroxyl groups is 1. The number of nitrogens with zero attached hydrogens (tertiary/aromatic N) is 2. The molecule has 1 aliphatic heterocycles. The van der Waals surface area contributed by atoms with Gasteiger partial charge in [0.05, 0.1) is 21.9 Å². The van der Waals surface area contributed by atoms with Crippen molar-refractivity contribution in [1.82, 2.24) is 0 Å². The molecular weight excluding hydrogens is 436 g/mol. The number of aromatic nitrogens is 1. The van der Waals surface area contributed by atoms with Gasteiger partial charge >= 0.3 is 0 Å². The van der Waals surface area contributed by atoms with Crippen LogP contribution in [0.1, 0.15) is 31.7 Å². The quantitative estimate of drug-likeness (QED) is 0.349. The first-order chi connectivity index (χ1) is 15.6. The Morgan fingerprint density at radius 1 is 1.03 bits per heavy atom. The average molecular weight is 462 g/mol. The van der Waals surface area contributed by atoms with Gasteiger partial charge in [-0.05, 0) is 30.7 Å². The highest BCUT2D eigenvalue weighted by molar-refractivity contribution is 8.03. The molecule has 32 heavy (non-hydrogen) atoms. The minimum atomic E-state index is -0.0940. The molecule has 0 amide bonds. The minimum absolute atomic E-state index is 0.0935. The molecule has 0 unspecified atom stereocenters. The number of ketones is 1. The summed E-state index contributed by atoms with van der Waals surface area (Å²) in [5, 5.41) is 12.8. The number of aryl methyl sites for hydroxylation is 1. The molecule has 2 heterocycles. The van der Waals surface area contributed by atoms with Gasteiger partial charge in [-0.3, -0.25) is 4.79 Å². The smallest absolute Gasteiger partial charge is 0.263 e. The molecule has 0 spiro atoms. The molecule has 1 N–H and O–H groups in total. The third-order valence-corrected chi connectivity index (χ3v) is 7.93. The number of thiazole rings is 1. The molecule has 1 aromatic heterocycles. The van der Waals surface area contributed by atoms with Crippen LogP contribution in [0.25, 0.3) is 16.3 Å². The lowest BCUT2D eigenvalue weighted by Gasteiger charge is -2.22. The third kappa shape index (κ3) is 3.48. The van der Waals surface area contributed by atoms with Gasteiger partial charge in [0.1, 0.15) is 17.0 Å². The molecule has 2 aromatic carbocycles. The lowest BCUT2D eigenvalue weighted by molar-refractivity contribution is -0.668. The molecule has 0 radical (unpaired) electrons. The first-order valence-corrected chi connectivity index (χ1v) is 12.6. The second-order valence-electron chi connectivity index (χ2n) is 7.91. The van der Waals surface area contributed by atoms with Gasteiger partial charge < -0.3 is 10.0 Å². The third-order valence-electron chi connectivity index (χ3n) is 5.70. The van der Waals surface area contributed by atoms with Crippen molar-refractivity contribution in [2.45, 2.75) is 38.1 Å². The van der Waals surface area contributed by atoms with Crippen LogP contribution in [0.3, 0.4) is 0 Å². The molecule has 5 rings (SSSR count). The summed E-state index contributed by atoms with van der Waals surface area (Å²) in [5.41, 5.74) is 3.13. The van der Waals surface area contributed by atoms with Crippen LogP contribution in [0.5, 0.6) is 0 Å². The summed E-state index contributed by atoms with van der Waals surface area (Å²) in [6, 6.07) is 16.5. The normalized spacial score (nSPS) is 18.2. The van der Waals surface area contributed by atoms with Crippen LogP contribution >= 0.6 is 23.1 Å². The number of thioether (sulfide) groups is 1. The molecule has 3 aromatic rings. The monoisotopic (exact) mass is 461 g/mol. The van der Waals surface area contributed by atoms with Crippen molar-refractivity contribution in [1.29, 1.82) is 0 Å². The van der Waals surface area contributed by atoms with Crippen molar-refractivity contribution >= 4 is 50.9 Å². The van der Waals surface area contributed by atoms with E-state index in [4.69, 9.17) is 0 Å². The van der Waals surface area contributed by atoms with E-state index in [0.29, 0.717) is 11.1 Å². The van der Waals surface area contributed by atoms with Gasteiger partial charge in [-0.15, -0.1) is 0 Å². The van der Waals surface area contributed by atoms with Gasteiger partial charge in [-0.2, -0.15) is 4.57 Å². The largest absolute Gasteiger partial charge is 0.506 e. The van der Waals surface area contributed by atoms with E-state index in [1.807, 2.05) is 36.4 Å². The van der Waals surface area contributed by atoms with Gasteiger partial charge in [0.15, 0.2) is 0 Å². The van der Waals surface area contributed by atoms with Crippen molar-refractivity contribution in [3.8, 4) is 0 Å². The molecule has 6 heteroatoms. The van der Waals surface area contributed by atoms with Crippen LogP contribution in [0.2, 0.25) is 0 Å². The van der Waals surface area contributed by atoms with Crippen LogP contribution in [-0.4, -0.2) is 17.4 Å². The zero-order valence-electron chi connectivity index (χ0n) is 18.2. The summed E-state index contributed by atoms with van der Waals surface area (Å²) in [6.07, 6.45) is 5.69. The Morgan fingerprint density at radius 3 is 2.59 bits per heavy atom. The number of aliphatic hydroxyl groups excluding tert-OH is 1. The second-order valence-corrected chi connectivity index (χ2v) is 10.0. The van der Waals surface area contributed by atoms with Crippen molar-refractivity contribution in [3.05, 3.63) is 81.5 Å². The highest BCUT2D eigenvalue weighted by Gasteiger charge is 2.36. The lowest BCUT2D eigenvalue weighted by atomic mass is 9.88. The summed E-state index contributed by atoms with van der Waals surface area (Å²) in [6.45, 7) is 6.04. The molecule has 0 saturated carbocycles. The number of fused-ring (bicyclic) bond motifs is 2. The van der Waals surface area contributed by atoms with E-state index in [-0.39, 0.29) is 11.5 Å². The summed E-state index contributed by atoms with van der Waals surface area (Å²) < 4.78 is 3.41. The Bertz CT molecular complexity index is 1320. The number of carbonyl (C=O) groups is 1. The summed E-state index contributed by atoms with van der Waals surface area (Å²) in [5.74, 6) is -0.000446. The Kier molecular flexibility index (Phi) is 5.66. The Morgan fingerprint density at radius 2 is 1.81 bits per heavy atom. The highest BCUT2D eigenvalue weighted by Crippen LogP contribution is 2.47. The molecule has 0 bridgehead atoms. The maximum Gasteiger partial charge on any atom is 0.263 e. The Balaban J connectivity index is 1.51. The fourth-order valence-corrected chi connectivity index (χ4v) is 6.45. The van der Waals surface area contributed by atoms with Crippen molar-refractivity contribution < 1.29 is 14.5 Å². The second kappa shape index (κ2) is 8.60. The van der Waals surface area contributed by atoms with E-state index >= 15 is 0 Å². The van der Waals surface area contributed by atoms with E-state index in [1.54, 1.807) is 23.1 Å². The molecule has 0 atom stereocenters. The van der Waals surface area contributed by atoms with Crippen molar-refractivity contribution in [2.24, 2.45) is 0 Å². The molecule has 4 nitrogen and oxygen atoms in total. The number of allylic oxidation sites excluding steroid dienone is 3. The van der Waals surface area contributed by atoms with E-state index < -0.39 is 0 Å². The molecule has 0 fully saturated rings. The highest BCUT2D eigenvalue weighted by atomic mass is 32.2. The SMILES string of the molecule is CCCN1C(=CC2=C(O)C(=Cc3sc4ccccc4[n+]3CCC)C2=O)Sc2ccccc21. The Hall–Kier alpha value is -2.83. The van der Waals surface area contributed by atoms with Crippen molar-refractivity contribution in [3.63, 3.8) is 0 Å². The summed E-state index contributed by atoms with van der Waals surface area (Å²) in [4.78, 5) is 16.4. The summed E-state index contributed by atoms with van der Waals surface area (Å²) >= 11 is 3.30. The van der Waals surface area contributed by atoms with Gasteiger partial charge in [-0.25, -0.2) is 0 Å². The molecular formula is C26H25N2O2S2+. The van der Waals surface area contributed by atoms with Gasteiger partial charge in [0, 0.05) is 30.0 Å². The number of hydrogen-bond acceptors (Lipinski definition) is 5. The van der Waals surface area contributed by atoms with Crippen LogP contribution in [-0.2, 0) is 11.3 Å². The Labute approximate surface area is 196 Å². The van der Waals surface area contributed by atoms with E-state index in [0.717, 1.165) is 36.0 Å². The van der Waals surface area contributed by atoms with Gasteiger partial charge in [0.25, 0.3) is 5.01 Å². The number of rotatable bonds is 6. The average Bonchev–Trinajstić information content (AvgIpc) is 3.34. The fraction of sp³-hybridized carbons (Fsp3) is 0.231. The molecule has 1 aliphatic carbocycles. The zero-order valence-corrected chi connectivity index (χ0v) is 19.8. The zero-order chi connectivity index (χ0) is 22.2. The van der Waals surface area contributed by atoms with Crippen LogP contribution in [0.4, 0.5) is 5.69 Å². The number of anilines is 1. The number of hydrogen-bond donors (Lipinski definition) is 1. The van der Waals surface area contributed by atoms with Crippen molar-refractivity contribution in [2.75, 3.05) is 11.4 Å². The summed E-state index contributed by atoms with van der Waals surface area (Å²) in [7, 11) is 0. The number of Topliss-reactive ketones (excluding diaryl/α,β-unsaturated/α-hetero) is 1.